The van der Waals surface area contributed by atoms with Crippen LogP contribution in [-0.2, 0) is 6.42 Å². The summed E-state index contributed by atoms with van der Waals surface area (Å²) >= 11 is 0. The molecule has 0 saturated carbocycles. The Balaban J connectivity index is 1.78. The number of aryl methyl sites for hydroxylation is 1. The minimum atomic E-state index is 0.532. The lowest BCUT2D eigenvalue weighted by molar-refractivity contribution is 0.396. The van der Waals surface area contributed by atoms with E-state index in [9.17, 15) is 0 Å². The second kappa shape index (κ2) is 5.15. The first-order valence-electron chi connectivity index (χ1n) is 6.94. The summed E-state index contributed by atoms with van der Waals surface area (Å²) in [4.78, 5) is 0. The van der Waals surface area contributed by atoms with Gasteiger partial charge in [-0.25, -0.2) is 0 Å². The summed E-state index contributed by atoms with van der Waals surface area (Å²) in [5.41, 5.74) is 2.94. The van der Waals surface area contributed by atoms with Crippen molar-refractivity contribution >= 4 is 0 Å². The number of ether oxygens (including phenoxy) is 1. The van der Waals surface area contributed by atoms with Gasteiger partial charge in [0.15, 0.2) is 0 Å². The zero-order valence-electron chi connectivity index (χ0n) is 11.0. The molecule has 3 rings (SSSR count). The molecule has 0 aromatic heterocycles. The minimum Gasteiger partial charge on any atom is -0.497 e. The fourth-order valence-electron chi connectivity index (χ4n) is 3.13. The van der Waals surface area contributed by atoms with Crippen LogP contribution >= 0.6 is 0 Å². The van der Waals surface area contributed by atoms with Crippen molar-refractivity contribution < 1.29 is 4.74 Å². The molecule has 2 heteroatoms. The second-order valence-corrected chi connectivity index (χ2v) is 5.32. The molecule has 0 heterocycles. The number of fused-ring (bicyclic) bond motifs is 1. The van der Waals surface area contributed by atoms with E-state index in [4.69, 9.17) is 4.74 Å². The van der Waals surface area contributed by atoms with Gasteiger partial charge in [-0.3, -0.25) is 0 Å². The molecule has 0 amide bonds. The molecule has 2 aliphatic rings. The van der Waals surface area contributed by atoms with Gasteiger partial charge in [0.25, 0.3) is 0 Å². The molecule has 1 unspecified atom stereocenters. The van der Waals surface area contributed by atoms with Gasteiger partial charge in [0.2, 0.25) is 0 Å². The molecule has 1 aromatic carbocycles. The Morgan fingerprint density at radius 3 is 2.83 bits per heavy atom. The third-order valence-corrected chi connectivity index (χ3v) is 4.11. The first-order valence-corrected chi connectivity index (χ1v) is 6.94. The SMILES string of the molecule is COc1ccc2c(c1)CCCC2NC1CC=CC1. The first kappa shape index (κ1) is 11.8. The maximum Gasteiger partial charge on any atom is 0.119 e. The van der Waals surface area contributed by atoms with Gasteiger partial charge in [-0.2, -0.15) is 0 Å². The van der Waals surface area contributed by atoms with Gasteiger partial charge in [-0.05, 0) is 55.4 Å². The van der Waals surface area contributed by atoms with Crippen LogP contribution in [0.1, 0.15) is 42.9 Å². The standard InChI is InChI=1S/C16H21NO/c1-18-14-9-10-15-12(11-14)5-4-8-16(15)17-13-6-2-3-7-13/h2-3,9-11,13,16-17H,4-8H2,1H3. The number of hydrogen-bond acceptors (Lipinski definition) is 2. The van der Waals surface area contributed by atoms with Crippen molar-refractivity contribution in [1.29, 1.82) is 0 Å². The second-order valence-electron chi connectivity index (χ2n) is 5.32. The van der Waals surface area contributed by atoms with Crippen molar-refractivity contribution in [3.63, 3.8) is 0 Å². The van der Waals surface area contributed by atoms with Gasteiger partial charge in [0.05, 0.1) is 7.11 Å². The van der Waals surface area contributed by atoms with Crippen molar-refractivity contribution in [3.8, 4) is 5.75 Å². The maximum atomic E-state index is 5.32. The van der Waals surface area contributed by atoms with Crippen molar-refractivity contribution in [3.05, 3.63) is 41.5 Å². The number of hydrogen-bond donors (Lipinski definition) is 1. The molecule has 1 aromatic rings. The molecule has 18 heavy (non-hydrogen) atoms. The molecule has 2 aliphatic carbocycles. The third-order valence-electron chi connectivity index (χ3n) is 4.11. The van der Waals surface area contributed by atoms with Crippen LogP contribution in [0.2, 0.25) is 0 Å². The van der Waals surface area contributed by atoms with Gasteiger partial charge in [-0.1, -0.05) is 18.2 Å². The highest BCUT2D eigenvalue weighted by Crippen LogP contribution is 2.33. The highest BCUT2D eigenvalue weighted by Gasteiger charge is 2.23. The highest BCUT2D eigenvalue weighted by molar-refractivity contribution is 5.39. The third kappa shape index (κ3) is 2.30. The van der Waals surface area contributed by atoms with Gasteiger partial charge in [0, 0.05) is 12.1 Å². The van der Waals surface area contributed by atoms with Crippen molar-refractivity contribution in [2.45, 2.75) is 44.2 Å². The average Bonchev–Trinajstić information content (AvgIpc) is 2.91. The Bertz CT molecular complexity index is 444. The molecule has 0 spiro atoms. The smallest absolute Gasteiger partial charge is 0.119 e. The largest absolute Gasteiger partial charge is 0.497 e. The lowest BCUT2D eigenvalue weighted by Crippen LogP contribution is -2.33. The van der Waals surface area contributed by atoms with Crippen molar-refractivity contribution in [1.82, 2.24) is 5.32 Å². The Labute approximate surface area is 109 Å². The summed E-state index contributed by atoms with van der Waals surface area (Å²) in [5.74, 6) is 0.983. The lowest BCUT2D eigenvalue weighted by atomic mass is 9.87. The van der Waals surface area contributed by atoms with E-state index in [1.165, 1.54) is 43.2 Å². The summed E-state index contributed by atoms with van der Waals surface area (Å²) in [5, 5.41) is 3.81. The molecule has 0 aliphatic heterocycles. The predicted octanol–water partition coefficient (Wildman–Crippen LogP) is 3.38. The molecular formula is C16H21NO. The summed E-state index contributed by atoms with van der Waals surface area (Å²) in [6, 6.07) is 7.71. The van der Waals surface area contributed by atoms with E-state index in [0.717, 1.165) is 5.75 Å². The maximum absolute atomic E-state index is 5.32. The van der Waals surface area contributed by atoms with E-state index in [0.29, 0.717) is 12.1 Å². The van der Waals surface area contributed by atoms with Crippen molar-refractivity contribution in [2.75, 3.05) is 7.11 Å². The van der Waals surface area contributed by atoms with Crippen LogP contribution in [0.3, 0.4) is 0 Å². The Kier molecular flexibility index (Phi) is 3.37. The molecule has 0 saturated heterocycles. The van der Waals surface area contributed by atoms with Gasteiger partial charge >= 0.3 is 0 Å². The van der Waals surface area contributed by atoms with E-state index in [2.05, 4.69) is 35.7 Å². The zero-order valence-corrected chi connectivity index (χ0v) is 11.0. The highest BCUT2D eigenvalue weighted by atomic mass is 16.5. The predicted molar refractivity (Wildman–Crippen MR) is 74.0 cm³/mol. The molecule has 96 valence electrons. The van der Waals surface area contributed by atoms with Crippen LogP contribution < -0.4 is 10.1 Å². The molecule has 1 atom stereocenters. The Morgan fingerprint density at radius 2 is 2.06 bits per heavy atom. The van der Waals surface area contributed by atoms with Crippen LogP contribution in [0.4, 0.5) is 0 Å². The van der Waals surface area contributed by atoms with E-state index in [1.54, 1.807) is 7.11 Å². The molecule has 0 bridgehead atoms. The normalized spacial score (nSPS) is 23.1. The lowest BCUT2D eigenvalue weighted by Gasteiger charge is -2.29. The van der Waals surface area contributed by atoms with Gasteiger partial charge in [0.1, 0.15) is 5.75 Å². The van der Waals surface area contributed by atoms with Crippen LogP contribution in [0.5, 0.6) is 5.75 Å². The van der Waals surface area contributed by atoms with Crippen LogP contribution in [0.15, 0.2) is 30.4 Å². The topological polar surface area (TPSA) is 21.3 Å². The zero-order chi connectivity index (χ0) is 12.4. The van der Waals surface area contributed by atoms with E-state index in [-0.39, 0.29) is 0 Å². The quantitative estimate of drug-likeness (QED) is 0.822. The molecule has 0 radical (unpaired) electrons. The monoisotopic (exact) mass is 243 g/mol. The molecule has 2 nitrogen and oxygen atoms in total. The minimum absolute atomic E-state index is 0.532. The number of methoxy groups -OCH3 is 1. The van der Waals surface area contributed by atoms with Crippen LogP contribution in [0.25, 0.3) is 0 Å². The fraction of sp³-hybridized carbons (Fsp3) is 0.500. The van der Waals surface area contributed by atoms with E-state index in [1.807, 2.05) is 0 Å². The summed E-state index contributed by atoms with van der Waals surface area (Å²) in [7, 11) is 1.74. The molecule has 1 N–H and O–H groups in total. The van der Waals surface area contributed by atoms with E-state index < -0.39 is 0 Å². The Hall–Kier alpha value is -1.28. The molecular weight excluding hydrogens is 222 g/mol. The first-order chi connectivity index (χ1) is 8.86. The molecule has 0 fully saturated rings. The summed E-state index contributed by atoms with van der Waals surface area (Å²) in [6.45, 7) is 0. The van der Waals surface area contributed by atoms with Crippen LogP contribution in [-0.4, -0.2) is 13.2 Å². The van der Waals surface area contributed by atoms with Gasteiger partial charge < -0.3 is 10.1 Å². The fourth-order valence-corrected chi connectivity index (χ4v) is 3.13. The summed E-state index contributed by atoms with van der Waals surface area (Å²) in [6.07, 6.45) is 10.7. The van der Waals surface area contributed by atoms with Crippen LogP contribution in [0, 0.1) is 0 Å². The Morgan fingerprint density at radius 1 is 1.22 bits per heavy atom. The average molecular weight is 243 g/mol. The van der Waals surface area contributed by atoms with Gasteiger partial charge in [-0.15, -0.1) is 0 Å². The summed E-state index contributed by atoms with van der Waals surface area (Å²) < 4.78 is 5.32. The number of benzene rings is 1. The number of rotatable bonds is 3. The van der Waals surface area contributed by atoms with E-state index >= 15 is 0 Å². The number of nitrogens with one attached hydrogen (secondary N) is 1. The van der Waals surface area contributed by atoms with Crippen molar-refractivity contribution in [2.24, 2.45) is 0 Å².